The van der Waals surface area contributed by atoms with E-state index in [0.29, 0.717) is 11.3 Å². The first-order valence-corrected chi connectivity index (χ1v) is 10.0. The average molecular weight is 417 g/mol. The van der Waals surface area contributed by atoms with Gasteiger partial charge in [0.15, 0.2) is 0 Å². The molecule has 5 rings (SSSR count). The number of aromatic nitrogens is 3. The van der Waals surface area contributed by atoms with Gasteiger partial charge in [-0.3, -0.25) is 0 Å². The van der Waals surface area contributed by atoms with Crippen molar-refractivity contribution in [2.75, 3.05) is 0 Å². The van der Waals surface area contributed by atoms with E-state index in [1.807, 2.05) is 37.3 Å². The third-order valence-electron chi connectivity index (χ3n) is 5.85. The Kier molecular flexibility index (Phi) is 4.41. The number of aryl methyl sites for hydroxylation is 1. The fourth-order valence-corrected chi connectivity index (χ4v) is 4.14. The van der Waals surface area contributed by atoms with E-state index in [0.717, 1.165) is 27.5 Å². The van der Waals surface area contributed by atoms with Crippen molar-refractivity contribution in [2.24, 2.45) is 0 Å². The number of fused-ring (bicyclic) bond motifs is 2. The Balaban J connectivity index is 1.56. The number of hydrogen-bond acceptors (Lipinski definition) is 2. The fraction of sp³-hybridized carbons (Fsp3) is 0.160. The molecule has 6 heteroatoms. The number of nitrogens with zero attached hydrogens (tertiary/aromatic N) is 3. The summed E-state index contributed by atoms with van der Waals surface area (Å²) in [6.45, 7) is 3.32. The van der Waals surface area contributed by atoms with Gasteiger partial charge >= 0.3 is 0 Å². The number of rotatable bonds is 4. The molecule has 4 nitrogen and oxygen atoms in total. The van der Waals surface area contributed by atoms with Crippen LogP contribution in [-0.4, -0.2) is 19.5 Å². The molecule has 0 fully saturated rings. The zero-order valence-corrected chi connectivity index (χ0v) is 17.1. The lowest BCUT2D eigenvalue weighted by molar-refractivity contribution is -0.0592. The number of aliphatic hydroxyl groups is 1. The molecule has 0 amide bonds. The molecule has 0 spiro atoms. The van der Waals surface area contributed by atoms with Gasteiger partial charge in [0.25, 0.3) is 0 Å². The van der Waals surface area contributed by atoms with Crippen LogP contribution in [0.2, 0.25) is 0 Å². The molecular weight excluding hydrogens is 396 g/mol. The molecule has 2 atom stereocenters. The van der Waals surface area contributed by atoms with E-state index >= 15 is 4.39 Å². The number of benzene rings is 3. The van der Waals surface area contributed by atoms with Crippen molar-refractivity contribution in [3.63, 3.8) is 0 Å². The number of hydrogen-bond donors (Lipinski definition) is 1. The molecule has 0 radical (unpaired) electrons. The van der Waals surface area contributed by atoms with Gasteiger partial charge in [-0.25, -0.2) is 13.5 Å². The molecule has 0 saturated heterocycles. The predicted octanol–water partition coefficient (Wildman–Crippen LogP) is 5.80. The SMILES string of the molecule is Cc1cc2ccccc2n1C(F)C(C)(O)c1ccc2c(cnn2-c2ccc(F)cc2)c1. The first-order chi connectivity index (χ1) is 14.9. The summed E-state index contributed by atoms with van der Waals surface area (Å²) in [5.41, 5.74) is 1.65. The zero-order valence-electron chi connectivity index (χ0n) is 17.1. The van der Waals surface area contributed by atoms with Crippen LogP contribution < -0.4 is 0 Å². The van der Waals surface area contributed by atoms with Crippen molar-refractivity contribution in [1.29, 1.82) is 0 Å². The van der Waals surface area contributed by atoms with E-state index in [4.69, 9.17) is 0 Å². The van der Waals surface area contributed by atoms with Crippen molar-refractivity contribution in [1.82, 2.24) is 14.3 Å². The number of alkyl halides is 1. The van der Waals surface area contributed by atoms with Gasteiger partial charge in [-0.1, -0.05) is 24.3 Å². The Labute approximate surface area is 178 Å². The van der Waals surface area contributed by atoms with Crippen molar-refractivity contribution >= 4 is 21.8 Å². The maximum Gasteiger partial charge on any atom is 0.209 e. The molecule has 5 aromatic rings. The van der Waals surface area contributed by atoms with Crippen LogP contribution in [0.4, 0.5) is 8.78 Å². The van der Waals surface area contributed by atoms with Crippen LogP contribution >= 0.6 is 0 Å². The summed E-state index contributed by atoms with van der Waals surface area (Å²) in [5, 5.41) is 17.3. The monoisotopic (exact) mass is 417 g/mol. The Morgan fingerprint density at radius 3 is 2.45 bits per heavy atom. The van der Waals surface area contributed by atoms with Gasteiger partial charge in [0, 0.05) is 11.1 Å². The minimum absolute atomic E-state index is 0.319. The summed E-state index contributed by atoms with van der Waals surface area (Å²) in [4.78, 5) is 0. The summed E-state index contributed by atoms with van der Waals surface area (Å²) in [5.74, 6) is -0.319. The third-order valence-corrected chi connectivity index (χ3v) is 5.85. The van der Waals surface area contributed by atoms with Gasteiger partial charge in [0.05, 0.1) is 22.9 Å². The second-order valence-corrected chi connectivity index (χ2v) is 8.00. The lowest BCUT2D eigenvalue weighted by Gasteiger charge is -2.30. The largest absolute Gasteiger partial charge is 0.380 e. The number of halogens is 2. The summed E-state index contributed by atoms with van der Waals surface area (Å²) in [6, 6.07) is 20.7. The molecule has 0 aliphatic rings. The molecule has 2 heterocycles. The molecule has 0 bridgehead atoms. The Hall–Kier alpha value is -3.51. The summed E-state index contributed by atoms with van der Waals surface area (Å²) >= 11 is 0. The maximum absolute atomic E-state index is 15.8. The maximum atomic E-state index is 15.8. The third kappa shape index (κ3) is 3.11. The first kappa shape index (κ1) is 19.5. The van der Waals surface area contributed by atoms with Crippen molar-refractivity contribution in [2.45, 2.75) is 25.7 Å². The average Bonchev–Trinajstić information content (AvgIpc) is 3.33. The highest BCUT2D eigenvalue weighted by Crippen LogP contribution is 2.39. The Morgan fingerprint density at radius 2 is 1.68 bits per heavy atom. The van der Waals surface area contributed by atoms with Gasteiger partial charge in [0.2, 0.25) is 6.30 Å². The van der Waals surface area contributed by atoms with E-state index < -0.39 is 11.9 Å². The molecule has 0 saturated carbocycles. The van der Waals surface area contributed by atoms with Crippen LogP contribution in [-0.2, 0) is 5.60 Å². The minimum Gasteiger partial charge on any atom is -0.380 e. The van der Waals surface area contributed by atoms with Crippen LogP contribution in [0.15, 0.2) is 79.0 Å². The molecule has 0 aliphatic carbocycles. The summed E-state index contributed by atoms with van der Waals surface area (Å²) in [6.07, 6.45) is -0.0288. The molecular formula is C25H21F2N3O. The van der Waals surface area contributed by atoms with E-state index in [9.17, 15) is 9.50 Å². The molecule has 2 aromatic heterocycles. The quantitative estimate of drug-likeness (QED) is 0.401. The highest BCUT2D eigenvalue weighted by atomic mass is 19.1. The van der Waals surface area contributed by atoms with Crippen LogP contribution in [0, 0.1) is 12.7 Å². The standard InChI is InChI=1S/C25H21F2N3O/c1-16-13-17-5-3-4-6-22(17)29(16)24(27)25(2,31)19-7-12-23-18(14-19)15-28-30(23)21-10-8-20(26)9-11-21/h3-15,24,31H,1-2H3. The van der Waals surface area contributed by atoms with E-state index in [2.05, 4.69) is 5.10 Å². The van der Waals surface area contributed by atoms with Crippen LogP contribution in [0.3, 0.4) is 0 Å². The van der Waals surface area contributed by atoms with Crippen molar-refractivity contribution in [3.8, 4) is 5.69 Å². The van der Waals surface area contributed by atoms with Gasteiger partial charge in [-0.05, 0) is 73.3 Å². The molecule has 2 unspecified atom stereocenters. The Morgan fingerprint density at radius 1 is 0.935 bits per heavy atom. The summed E-state index contributed by atoms with van der Waals surface area (Å²) < 4.78 is 32.3. The van der Waals surface area contributed by atoms with Crippen LogP contribution in [0.25, 0.3) is 27.5 Å². The van der Waals surface area contributed by atoms with Crippen molar-refractivity contribution < 1.29 is 13.9 Å². The van der Waals surface area contributed by atoms with Crippen LogP contribution in [0.5, 0.6) is 0 Å². The van der Waals surface area contributed by atoms with Gasteiger partial charge < -0.3 is 9.67 Å². The van der Waals surface area contributed by atoms with E-state index in [1.165, 1.54) is 23.6 Å². The predicted molar refractivity (Wildman–Crippen MR) is 117 cm³/mol. The smallest absolute Gasteiger partial charge is 0.209 e. The topological polar surface area (TPSA) is 43.0 Å². The normalized spacial score (nSPS) is 14.7. The molecule has 156 valence electrons. The van der Waals surface area contributed by atoms with E-state index in [-0.39, 0.29) is 5.82 Å². The van der Waals surface area contributed by atoms with E-state index in [1.54, 1.807) is 41.2 Å². The Bertz CT molecular complexity index is 1400. The van der Waals surface area contributed by atoms with Gasteiger partial charge in [0.1, 0.15) is 11.4 Å². The van der Waals surface area contributed by atoms with Crippen molar-refractivity contribution in [3.05, 3.63) is 96.1 Å². The zero-order chi connectivity index (χ0) is 21.8. The highest BCUT2D eigenvalue weighted by Gasteiger charge is 2.37. The molecule has 3 aromatic carbocycles. The highest BCUT2D eigenvalue weighted by molar-refractivity contribution is 5.82. The second-order valence-electron chi connectivity index (χ2n) is 8.00. The second kappa shape index (κ2) is 7.03. The minimum atomic E-state index is -1.77. The van der Waals surface area contributed by atoms with Gasteiger partial charge in [-0.2, -0.15) is 5.10 Å². The molecule has 1 N–H and O–H groups in total. The fourth-order valence-electron chi connectivity index (χ4n) is 4.14. The molecule has 31 heavy (non-hydrogen) atoms. The lowest BCUT2D eigenvalue weighted by atomic mass is 9.93. The molecule has 0 aliphatic heterocycles. The van der Waals surface area contributed by atoms with Crippen LogP contribution in [0.1, 0.15) is 24.5 Å². The summed E-state index contributed by atoms with van der Waals surface area (Å²) in [7, 11) is 0. The van der Waals surface area contributed by atoms with Gasteiger partial charge in [-0.15, -0.1) is 0 Å². The lowest BCUT2D eigenvalue weighted by Crippen LogP contribution is -2.31. The first-order valence-electron chi connectivity index (χ1n) is 10.0. The number of para-hydroxylation sites is 1.